The Morgan fingerprint density at radius 2 is 2.13 bits per heavy atom. The second-order valence-corrected chi connectivity index (χ2v) is 4.43. The number of hydrogen-bond donors (Lipinski definition) is 1. The molecule has 2 rings (SSSR count). The molecule has 1 aliphatic rings. The van der Waals surface area contributed by atoms with Gasteiger partial charge in [0.25, 0.3) is 0 Å². The predicted molar refractivity (Wildman–Crippen MR) is 60.8 cm³/mol. The summed E-state index contributed by atoms with van der Waals surface area (Å²) in [5.74, 6) is 0. The first-order chi connectivity index (χ1) is 7.25. The van der Waals surface area contributed by atoms with Gasteiger partial charge in [-0.3, -0.25) is 4.90 Å². The molecule has 0 aromatic carbocycles. The fourth-order valence-electron chi connectivity index (χ4n) is 1.84. The smallest absolute Gasteiger partial charge is 0.0952 e. The van der Waals surface area contributed by atoms with Gasteiger partial charge < -0.3 is 9.88 Å². The Morgan fingerprint density at radius 1 is 1.40 bits per heavy atom. The molecule has 1 aromatic rings. The van der Waals surface area contributed by atoms with Gasteiger partial charge in [-0.05, 0) is 13.8 Å². The quantitative estimate of drug-likeness (QED) is 0.800. The van der Waals surface area contributed by atoms with Gasteiger partial charge >= 0.3 is 0 Å². The molecule has 0 atom stereocenters. The molecule has 0 amide bonds. The van der Waals surface area contributed by atoms with Crippen LogP contribution in [0.1, 0.15) is 25.6 Å². The van der Waals surface area contributed by atoms with Crippen molar-refractivity contribution in [2.24, 2.45) is 0 Å². The molecular weight excluding hydrogens is 188 g/mol. The van der Waals surface area contributed by atoms with E-state index in [4.69, 9.17) is 0 Å². The zero-order valence-corrected chi connectivity index (χ0v) is 9.61. The van der Waals surface area contributed by atoms with Crippen LogP contribution < -0.4 is 5.32 Å². The summed E-state index contributed by atoms with van der Waals surface area (Å²) in [5, 5.41) is 3.36. The fraction of sp³-hybridized carbons (Fsp3) is 0.727. The Hall–Kier alpha value is -0.870. The summed E-state index contributed by atoms with van der Waals surface area (Å²) < 4.78 is 2.16. The van der Waals surface area contributed by atoms with Crippen LogP contribution in [0.3, 0.4) is 0 Å². The second-order valence-electron chi connectivity index (χ2n) is 4.43. The maximum Gasteiger partial charge on any atom is 0.0952 e. The van der Waals surface area contributed by atoms with E-state index < -0.39 is 0 Å². The van der Waals surface area contributed by atoms with Crippen LogP contribution in [0.2, 0.25) is 0 Å². The van der Waals surface area contributed by atoms with Gasteiger partial charge in [0, 0.05) is 45.0 Å². The predicted octanol–water partition coefficient (Wildman–Crippen LogP) is 0.869. The average molecular weight is 208 g/mol. The SMILES string of the molecule is CC(C)n1cnc(CN2CCNCC2)c1. The number of hydrogen-bond acceptors (Lipinski definition) is 3. The fourth-order valence-corrected chi connectivity index (χ4v) is 1.84. The Morgan fingerprint density at radius 3 is 2.73 bits per heavy atom. The molecular formula is C11H20N4. The highest BCUT2D eigenvalue weighted by Gasteiger charge is 2.11. The first-order valence-electron chi connectivity index (χ1n) is 5.71. The lowest BCUT2D eigenvalue weighted by Gasteiger charge is -2.26. The van der Waals surface area contributed by atoms with E-state index in [1.165, 1.54) is 5.69 Å². The Kier molecular flexibility index (Phi) is 3.38. The van der Waals surface area contributed by atoms with Gasteiger partial charge in [0.05, 0.1) is 12.0 Å². The third-order valence-corrected chi connectivity index (χ3v) is 2.85. The van der Waals surface area contributed by atoms with Gasteiger partial charge in [-0.2, -0.15) is 0 Å². The van der Waals surface area contributed by atoms with Crippen molar-refractivity contribution < 1.29 is 0 Å². The summed E-state index contributed by atoms with van der Waals surface area (Å²) in [6, 6.07) is 0.509. The van der Waals surface area contributed by atoms with Crippen LogP contribution in [-0.2, 0) is 6.54 Å². The third-order valence-electron chi connectivity index (χ3n) is 2.85. The van der Waals surface area contributed by atoms with E-state index in [0.29, 0.717) is 6.04 Å². The molecule has 1 fully saturated rings. The second kappa shape index (κ2) is 4.77. The minimum atomic E-state index is 0.509. The summed E-state index contributed by atoms with van der Waals surface area (Å²) in [6.07, 6.45) is 4.09. The highest BCUT2D eigenvalue weighted by atomic mass is 15.2. The van der Waals surface area contributed by atoms with Gasteiger partial charge in [0.15, 0.2) is 0 Å². The van der Waals surface area contributed by atoms with Crippen molar-refractivity contribution in [1.82, 2.24) is 19.8 Å². The van der Waals surface area contributed by atoms with Gasteiger partial charge in [0.2, 0.25) is 0 Å². The van der Waals surface area contributed by atoms with Gasteiger partial charge in [0.1, 0.15) is 0 Å². The molecule has 0 spiro atoms. The summed E-state index contributed by atoms with van der Waals surface area (Å²) >= 11 is 0. The molecule has 0 aliphatic carbocycles. The van der Waals surface area contributed by atoms with Gasteiger partial charge in [-0.1, -0.05) is 0 Å². The minimum Gasteiger partial charge on any atom is -0.335 e. The summed E-state index contributed by atoms with van der Waals surface area (Å²) in [4.78, 5) is 6.88. The highest BCUT2D eigenvalue weighted by molar-refractivity contribution is 4.98. The lowest BCUT2D eigenvalue weighted by Crippen LogP contribution is -2.42. The first kappa shape index (κ1) is 10.6. The van der Waals surface area contributed by atoms with E-state index in [-0.39, 0.29) is 0 Å². The van der Waals surface area contributed by atoms with E-state index in [0.717, 1.165) is 32.7 Å². The van der Waals surface area contributed by atoms with E-state index >= 15 is 0 Å². The molecule has 1 aliphatic heterocycles. The number of imidazole rings is 1. The maximum absolute atomic E-state index is 4.43. The zero-order chi connectivity index (χ0) is 10.7. The molecule has 0 bridgehead atoms. The van der Waals surface area contributed by atoms with Crippen molar-refractivity contribution in [1.29, 1.82) is 0 Å². The normalized spacial score (nSPS) is 18.6. The van der Waals surface area contributed by atoms with E-state index in [1.54, 1.807) is 0 Å². The van der Waals surface area contributed by atoms with Crippen molar-refractivity contribution >= 4 is 0 Å². The molecule has 15 heavy (non-hydrogen) atoms. The molecule has 1 aromatic heterocycles. The monoisotopic (exact) mass is 208 g/mol. The van der Waals surface area contributed by atoms with Crippen molar-refractivity contribution in [2.45, 2.75) is 26.4 Å². The zero-order valence-electron chi connectivity index (χ0n) is 9.61. The average Bonchev–Trinajstić information content (AvgIpc) is 2.68. The van der Waals surface area contributed by atoms with E-state index in [9.17, 15) is 0 Å². The van der Waals surface area contributed by atoms with Crippen LogP contribution in [0.4, 0.5) is 0 Å². The maximum atomic E-state index is 4.43. The standard InChI is InChI=1S/C11H20N4/c1-10(2)15-8-11(13-9-15)7-14-5-3-12-4-6-14/h8-10,12H,3-7H2,1-2H3. The number of aromatic nitrogens is 2. The number of nitrogens with one attached hydrogen (secondary N) is 1. The van der Waals surface area contributed by atoms with Crippen molar-refractivity contribution in [3.8, 4) is 0 Å². The number of nitrogens with zero attached hydrogens (tertiary/aromatic N) is 3. The molecule has 0 saturated carbocycles. The lowest BCUT2D eigenvalue weighted by atomic mass is 10.3. The van der Waals surface area contributed by atoms with Crippen molar-refractivity contribution in [2.75, 3.05) is 26.2 Å². The first-order valence-corrected chi connectivity index (χ1v) is 5.71. The minimum absolute atomic E-state index is 0.509. The summed E-state index contributed by atoms with van der Waals surface area (Å²) in [7, 11) is 0. The van der Waals surface area contributed by atoms with Gasteiger partial charge in [-0.25, -0.2) is 4.98 Å². The molecule has 1 saturated heterocycles. The van der Waals surface area contributed by atoms with Crippen LogP contribution in [0.25, 0.3) is 0 Å². The molecule has 1 N–H and O–H groups in total. The number of piperazine rings is 1. The molecule has 84 valence electrons. The highest BCUT2D eigenvalue weighted by Crippen LogP contribution is 2.08. The summed E-state index contributed by atoms with van der Waals surface area (Å²) in [6.45, 7) is 9.81. The molecule has 4 nitrogen and oxygen atoms in total. The lowest BCUT2D eigenvalue weighted by molar-refractivity contribution is 0.231. The van der Waals surface area contributed by atoms with Gasteiger partial charge in [-0.15, -0.1) is 0 Å². The molecule has 0 radical (unpaired) electrons. The number of rotatable bonds is 3. The van der Waals surface area contributed by atoms with Crippen LogP contribution in [0.5, 0.6) is 0 Å². The third kappa shape index (κ3) is 2.79. The molecule has 4 heteroatoms. The van der Waals surface area contributed by atoms with Crippen LogP contribution in [0.15, 0.2) is 12.5 Å². The molecule has 2 heterocycles. The largest absolute Gasteiger partial charge is 0.335 e. The topological polar surface area (TPSA) is 33.1 Å². The van der Waals surface area contributed by atoms with E-state index in [1.807, 2.05) is 6.33 Å². The Balaban J connectivity index is 1.91. The Bertz CT molecular complexity index is 299. The van der Waals surface area contributed by atoms with Crippen LogP contribution in [0, 0.1) is 0 Å². The summed E-state index contributed by atoms with van der Waals surface area (Å²) in [5.41, 5.74) is 1.19. The van der Waals surface area contributed by atoms with Crippen molar-refractivity contribution in [3.05, 3.63) is 18.2 Å². The van der Waals surface area contributed by atoms with Crippen LogP contribution >= 0.6 is 0 Å². The molecule has 0 unspecified atom stereocenters. The van der Waals surface area contributed by atoms with E-state index in [2.05, 4.69) is 39.8 Å². The van der Waals surface area contributed by atoms with Crippen molar-refractivity contribution in [3.63, 3.8) is 0 Å². The van der Waals surface area contributed by atoms with Crippen LogP contribution in [-0.4, -0.2) is 40.6 Å². The Labute approximate surface area is 91.3 Å².